The Morgan fingerprint density at radius 3 is 1.53 bits per heavy atom. The van der Waals surface area contributed by atoms with Crippen molar-refractivity contribution in [1.82, 2.24) is 45.2 Å². The van der Waals surface area contributed by atoms with E-state index in [1.807, 2.05) is 72.4 Å². The molecule has 4 atom stereocenters. The van der Waals surface area contributed by atoms with E-state index in [-0.39, 0.29) is 79.8 Å². The summed E-state index contributed by atoms with van der Waals surface area (Å²) in [6.45, 7) is 7.87. The first-order valence-electron chi connectivity index (χ1n) is 27.1. The van der Waals surface area contributed by atoms with Crippen molar-refractivity contribution >= 4 is 96.0 Å². The van der Waals surface area contributed by atoms with Crippen LogP contribution in [-0.2, 0) is 56.5 Å². The lowest BCUT2D eigenvalue weighted by Crippen LogP contribution is -2.28. The molecule has 28 nitrogen and oxygen atoms in total. The molecule has 30 heteroatoms. The molecule has 12 N–H and O–H groups in total. The first-order chi connectivity index (χ1) is 41.5. The van der Waals surface area contributed by atoms with E-state index in [2.05, 4.69) is 45.2 Å². The van der Waals surface area contributed by atoms with Crippen molar-refractivity contribution in [2.24, 2.45) is 5.73 Å². The number of nitrogens with one attached hydrogen (secondary N) is 1. The molecule has 0 saturated heterocycles. The lowest BCUT2D eigenvalue weighted by atomic mass is 10.2. The van der Waals surface area contributed by atoms with Gasteiger partial charge in [0.25, 0.3) is 5.91 Å². The number of aromatic carboxylic acids is 1. The minimum atomic E-state index is -3.50. The fourth-order valence-electron chi connectivity index (χ4n) is 8.04. The zero-order valence-corrected chi connectivity index (χ0v) is 50.5. The molecule has 1 amide bonds. The van der Waals surface area contributed by atoms with Crippen LogP contribution in [0.1, 0.15) is 65.4 Å². The van der Waals surface area contributed by atoms with Crippen LogP contribution in [0.4, 0.5) is 34.9 Å². The van der Waals surface area contributed by atoms with Gasteiger partial charge < -0.3 is 67.4 Å². The number of ether oxygens (including phenoxy) is 2. The molecule has 4 aromatic heterocycles. The lowest BCUT2D eigenvalue weighted by molar-refractivity contribution is -0.151. The van der Waals surface area contributed by atoms with Gasteiger partial charge in [0.2, 0.25) is 19.3 Å². The third-order valence-electron chi connectivity index (χ3n) is 12.2. The van der Waals surface area contributed by atoms with Crippen molar-refractivity contribution in [3.8, 4) is 5.75 Å². The van der Waals surface area contributed by atoms with Crippen molar-refractivity contribution in [3.63, 3.8) is 0 Å². The van der Waals surface area contributed by atoms with Crippen molar-refractivity contribution in [2.45, 2.75) is 59.2 Å². The van der Waals surface area contributed by atoms with E-state index in [0.717, 1.165) is 16.9 Å². The van der Waals surface area contributed by atoms with Crippen LogP contribution >= 0.6 is 15.0 Å². The molecular weight excluding hydrogens is 1160 g/mol. The summed E-state index contributed by atoms with van der Waals surface area (Å²) in [6.07, 6.45) is 1.41. The number of amides is 1. The number of hydrogen-bond donors (Lipinski definition) is 7. The number of rotatable bonds is 25. The smallest absolute Gasteiger partial charge is 0.381 e. The van der Waals surface area contributed by atoms with Gasteiger partial charge in [-0.15, -0.1) is 0 Å². The van der Waals surface area contributed by atoms with E-state index in [1.165, 1.54) is 13.8 Å². The number of aromatic nitrogens is 8. The van der Waals surface area contributed by atoms with Gasteiger partial charge in [0.05, 0.1) is 61.8 Å². The molecule has 0 aliphatic carbocycles. The van der Waals surface area contributed by atoms with Crippen LogP contribution in [0.5, 0.6) is 5.75 Å². The maximum atomic E-state index is 13.8. The summed E-state index contributed by atoms with van der Waals surface area (Å²) in [5.41, 5.74) is 34.3. The Morgan fingerprint density at radius 2 is 1.07 bits per heavy atom. The number of carboxylic acid groups (broad SMARTS) is 1. The molecule has 4 aromatic carbocycles. The quantitative estimate of drug-likeness (QED) is 0.0237. The van der Waals surface area contributed by atoms with Crippen LogP contribution in [0.15, 0.2) is 122 Å². The molecule has 8 rings (SSSR count). The fraction of sp³-hybridized carbons (Fsp3) is 0.298. The van der Waals surface area contributed by atoms with Gasteiger partial charge in [0.15, 0.2) is 46.2 Å². The summed E-state index contributed by atoms with van der Waals surface area (Å²) in [5, 5.41) is 11.7. The molecule has 4 heterocycles. The second-order valence-corrected chi connectivity index (χ2v) is 23.7. The molecule has 0 saturated carbocycles. The lowest BCUT2D eigenvalue weighted by Gasteiger charge is -2.22. The highest BCUT2D eigenvalue weighted by molar-refractivity contribution is 7.58. The van der Waals surface area contributed by atoms with Crippen molar-refractivity contribution < 1.29 is 56.5 Å². The first kappa shape index (κ1) is 66.7. The second-order valence-electron chi connectivity index (χ2n) is 19.1. The topological polar surface area (TPSA) is 421 Å². The molecule has 0 aliphatic rings. The van der Waals surface area contributed by atoms with Crippen LogP contribution in [0, 0.1) is 0 Å². The van der Waals surface area contributed by atoms with Gasteiger partial charge >= 0.3 is 25.5 Å². The van der Waals surface area contributed by atoms with Crippen molar-refractivity contribution in [2.75, 3.05) is 85.5 Å². The Morgan fingerprint density at radius 1 is 0.609 bits per heavy atom. The number of nitrogens with zero attached hydrogens (tertiary/aromatic N) is 10. The van der Waals surface area contributed by atoms with Crippen molar-refractivity contribution in [3.05, 3.63) is 150 Å². The van der Waals surface area contributed by atoms with Crippen LogP contribution in [0.25, 0.3) is 22.3 Å². The molecule has 0 radical (unpaired) electrons. The molecule has 0 spiro atoms. The number of fused-ring (bicyclic) bond motifs is 2. The van der Waals surface area contributed by atoms with Crippen LogP contribution < -0.4 is 48.3 Å². The third kappa shape index (κ3) is 20.1. The van der Waals surface area contributed by atoms with Crippen LogP contribution in [-0.4, -0.2) is 134 Å². The number of benzene rings is 4. The highest BCUT2D eigenvalue weighted by Crippen LogP contribution is 2.51. The number of carbonyl (C=O) groups excluding carboxylic acids is 3. The summed E-state index contributed by atoms with van der Waals surface area (Å²) >= 11 is 0. The first-order valence-corrected chi connectivity index (χ1v) is 30.8. The van der Waals surface area contributed by atoms with Gasteiger partial charge in [-0.2, -0.15) is 19.9 Å². The van der Waals surface area contributed by atoms with E-state index in [9.17, 15) is 28.3 Å². The van der Waals surface area contributed by atoms with Gasteiger partial charge in [0.1, 0.15) is 5.75 Å². The largest absolute Gasteiger partial charge is 0.478 e. The van der Waals surface area contributed by atoms with Gasteiger partial charge in [-0.3, -0.25) is 13.9 Å². The minimum Gasteiger partial charge on any atom is -0.478 e. The Bertz CT molecular complexity index is 3710. The molecular formula is C57H70N16O12P2. The summed E-state index contributed by atoms with van der Waals surface area (Å²) < 4.78 is 52.6. The Balaban J connectivity index is 0.000000231. The zero-order valence-electron chi connectivity index (χ0n) is 48.8. The van der Waals surface area contributed by atoms with Crippen LogP contribution in [0.3, 0.4) is 0 Å². The average Bonchev–Trinajstić information content (AvgIpc) is 3.10. The predicted octanol–water partition coefficient (Wildman–Crippen LogP) is 6.50. The Labute approximate surface area is 501 Å². The van der Waals surface area contributed by atoms with E-state index in [0.29, 0.717) is 58.1 Å². The molecule has 87 heavy (non-hydrogen) atoms. The van der Waals surface area contributed by atoms with Crippen molar-refractivity contribution in [1.29, 1.82) is 0 Å². The average molecular weight is 1230 g/mol. The number of hydrogen-bond acceptors (Lipinski definition) is 26. The summed E-state index contributed by atoms with van der Waals surface area (Å²) in [6, 6.07) is 31.4. The summed E-state index contributed by atoms with van der Waals surface area (Å²) in [7, 11) is -3.11. The van der Waals surface area contributed by atoms with Gasteiger partial charge in [0, 0.05) is 56.4 Å². The Hall–Kier alpha value is -9.46. The number of anilines is 6. The number of nitrogens with two attached hydrogens (primary N) is 5. The third-order valence-corrected chi connectivity index (χ3v) is 16.6. The van der Waals surface area contributed by atoms with Gasteiger partial charge in [-0.1, -0.05) is 48.5 Å². The number of carbonyl (C=O) groups is 4. The Kier molecular flexibility index (Phi) is 24.2. The monoisotopic (exact) mass is 1230 g/mol. The highest BCUT2D eigenvalue weighted by Gasteiger charge is 2.32. The van der Waals surface area contributed by atoms with E-state index in [1.54, 1.807) is 86.9 Å². The predicted molar refractivity (Wildman–Crippen MR) is 330 cm³/mol. The fourth-order valence-corrected chi connectivity index (χ4v) is 11.8. The van der Waals surface area contributed by atoms with E-state index < -0.39 is 45.1 Å². The van der Waals surface area contributed by atoms with Crippen LogP contribution in [0.2, 0.25) is 0 Å². The molecule has 8 aromatic rings. The molecule has 460 valence electrons. The molecule has 0 bridgehead atoms. The molecule has 0 fully saturated rings. The maximum Gasteiger partial charge on any atom is 0.381 e. The zero-order chi connectivity index (χ0) is 63.3. The maximum absolute atomic E-state index is 13.8. The number of carboxylic acids is 1. The number of para-hydroxylation sites is 1. The SMILES string of the molecule is CCOC(=O)[C@H](C)OP(=O)(CCN)Oc1ccccc1.CCOC(=O)[C@H](C)OP(=O)(CCNC(=O)c1ccc(N(C)Cc2cnc3nc(N)nc(N)c3n2)cc1)Cc1ccccc1.CN(Cc1cnc2nc(N)nc(N)c2n1)c1ccc(C(=O)O)cc1. The summed E-state index contributed by atoms with van der Waals surface area (Å²) in [5.74, 6) is -1.62. The normalized spacial score (nSPS) is 13.0. The highest BCUT2D eigenvalue weighted by atomic mass is 31.2. The number of nitrogen functional groups attached to an aromatic ring is 4. The van der Waals surface area contributed by atoms with E-state index >= 15 is 0 Å². The minimum absolute atomic E-state index is 0.0195. The summed E-state index contributed by atoms with van der Waals surface area (Å²) in [4.78, 5) is 84.5. The molecule has 2 unspecified atom stereocenters. The van der Waals surface area contributed by atoms with E-state index in [4.69, 9.17) is 56.8 Å². The van der Waals surface area contributed by atoms with Gasteiger partial charge in [-0.25, -0.2) is 38.9 Å². The second kappa shape index (κ2) is 31.6. The number of esters is 2. The van der Waals surface area contributed by atoms with Gasteiger partial charge in [-0.05, 0) is 93.9 Å². The molecule has 0 aliphatic heterocycles. The standard InChI is InChI=1S/C29H35N8O5P.C15H15N7O2.C13H20NO5P/c1-4-41-28(39)19(2)42-43(40,18-20-8-6-5-7-9-20)15-14-32-27(38)21-10-12-23(13-11-21)37(3)17-22-16-33-26-24(34-22)25(30)35-29(31)36-26;1-22(10-4-2-8(3-5-10)14(23)24)7-9-6-18-13-11(19-9)12(16)20-15(17)21-13;1-3-17-13(15)11(2)18-20(16,10-9-14)19-12-7-5-4-6-8-12/h5-13,16,19H,4,14-15,17-18H2,1-3H3,(H,32,38)(H4,30,31,33,35,36);2-6H,7H2,1H3,(H,23,24)(H4,16,17,18,20,21);4-8,11H,3,9-10,14H2,1-2H3/t19-,43?;;11-,20?/m0.0/s1.